The highest BCUT2D eigenvalue weighted by Gasteiger charge is 2.17. The van der Waals surface area contributed by atoms with Crippen LogP contribution in [-0.4, -0.2) is 19.3 Å². The third-order valence-corrected chi connectivity index (χ3v) is 4.69. The average Bonchev–Trinajstić information content (AvgIpc) is 2.82. The lowest BCUT2D eigenvalue weighted by Crippen LogP contribution is -2.18. The van der Waals surface area contributed by atoms with E-state index in [0.29, 0.717) is 0 Å². The van der Waals surface area contributed by atoms with Gasteiger partial charge in [-0.2, -0.15) is 0 Å². The molecule has 1 heterocycles. The lowest BCUT2D eigenvalue weighted by atomic mass is 10.1. The Hall–Kier alpha value is -1.04. The highest BCUT2D eigenvalue weighted by molar-refractivity contribution is 9.11. The predicted molar refractivity (Wildman–Crippen MR) is 87.8 cm³/mol. The van der Waals surface area contributed by atoms with Crippen LogP contribution in [0.2, 0.25) is 0 Å². The summed E-state index contributed by atoms with van der Waals surface area (Å²) in [5.41, 5.74) is 3.05. The van der Waals surface area contributed by atoms with Crippen LogP contribution in [0, 0.1) is 0 Å². The first kappa shape index (κ1) is 15.4. The van der Waals surface area contributed by atoms with Crippen LogP contribution in [0.4, 0.5) is 5.69 Å². The fourth-order valence-corrected chi connectivity index (χ4v) is 3.45. The van der Waals surface area contributed by atoms with Gasteiger partial charge in [-0.1, -0.05) is 6.07 Å². The zero-order valence-corrected chi connectivity index (χ0v) is 14.2. The number of ether oxygens (including phenoxy) is 1. The van der Waals surface area contributed by atoms with E-state index in [0.717, 1.165) is 27.3 Å². The quantitative estimate of drug-likeness (QED) is 0.871. The number of rotatable bonds is 5. The number of anilines is 1. The van der Waals surface area contributed by atoms with Gasteiger partial charge in [-0.15, -0.1) is 11.3 Å². The smallest absolute Gasteiger partial charge is 0.126 e. The highest BCUT2D eigenvalue weighted by atomic mass is 79.9. The van der Waals surface area contributed by atoms with Crippen molar-refractivity contribution in [2.45, 2.75) is 19.6 Å². The highest BCUT2D eigenvalue weighted by Crippen LogP contribution is 2.35. The Labute approximate surface area is 131 Å². The van der Waals surface area contributed by atoms with Crippen molar-refractivity contribution in [2.75, 3.05) is 19.1 Å². The van der Waals surface area contributed by atoms with E-state index >= 15 is 0 Å². The molecule has 0 aliphatic carbocycles. The van der Waals surface area contributed by atoms with Gasteiger partial charge in [-0.3, -0.25) is 0 Å². The van der Waals surface area contributed by atoms with Crippen molar-refractivity contribution in [1.29, 1.82) is 0 Å². The summed E-state index contributed by atoms with van der Waals surface area (Å²) in [6.45, 7) is 2.55. The first-order valence-electron chi connectivity index (χ1n) is 6.32. The van der Waals surface area contributed by atoms with Gasteiger partial charge in [0.2, 0.25) is 0 Å². The summed E-state index contributed by atoms with van der Waals surface area (Å²) in [6, 6.07) is 7.94. The van der Waals surface area contributed by atoms with E-state index in [2.05, 4.69) is 32.3 Å². The minimum atomic E-state index is -0.571. The van der Waals surface area contributed by atoms with Crippen LogP contribution in [-0.2, 0) is 6.54 Å². The molecular weight excluding hydrogens is 338 g/mol. The molecule has 0 saturated carbocycles. The van der Waals surface area contributed by atoms with Crippen LogP contribution in [0.15, 0.2) is 33.4 Å². The maximum absolute atomic E-state index is 10.0. The van der Waals surface area contributed by atoms with Gasteiger partial charge >= 0.3 is 0 Å². The monoisotopic (exact) mass is 355 g/mol. The number of hydrogen-bond acceptors (Lipinski definition) is 4. The van der Waals surface area contributed by atoms with Crippen LogP contribution < -0.4 is 9.64 Å². The van der Waals surface area contributed by atoms with Gasteiger partial charge in [0.15, 0.2) is 0 Å². The third kappa shape index (κ3) is 3.34. The van der Waals surface area contributed by atoms with E-state index in [9.17, 15) is 5.11 Å². The summed E-state index contributed by atoms with van der Waals surface area (Å²) in [5, 5.41) is 12.2. The van der Waals surface area contributed by atoms with Gasteiger partial charge in [0.05, 0.1) is 17.0 Å². The van der Waals surface area contributed by atoms with Gasteiger partial charge in [0.25, 0.3) is 0 Å². The van der Waals surface area contributed by atoms with E-state index in [1.54, 1.807) is 25.4 Å². The van der Waals surface area contributed by atoms with Crippen LogP contribution >= 0.6 is 27.3 Å². The molecule has 2 rings (SSSR count). The number of thiophene rings is 1. The van der Waals surface area contributed by atoms with Crippen LogP contribution in [0.25, 0.3) is 0 Å². The normalized spacial score (nSPS) is 12.2. The van der Waals surface area contributed by atoms with Gasteiger partial charge in [0.1, 0.15) is 5.75 Å². The number of benzene rings is 1. The Kier molecular flexibility index (Phi) is 5.07. The molecule has 5 heteroatoms. The second kappa shape index (κ2) is 6.61. The van der Waals surface area contributed by atoms with E-state index in [4.69, 9.17) is 4.74 Å². The van der Waals surface area contributed by atoms with Gasteiger partial charge < -0.3 is 14.7 Å². The van der Waals surface area contributed by atoms with Crippen molar-refractivity contribution in [3.63, 3.8) is 0 Å². The van der Waals surface area contributed by atoms with E-state index in [1.165, 1.54) is 5.56 Å². The fourth-order valence-electron chi connectivity index (χ4n) is 2.25. The minimum absolute atomic E-state index is 0.571. The van der Waals surface area contributed by atoms with Crippen molar-refractivity contribution in [1.82, 2.24) is 0 Å². The average molecular weight is 356 g/mol. The van der Waals surface area contributed by atoms with Gasteiger partial charge in [0, 0.05) is 24.8 Å². The maximum Gasteiger partial charge on any atom is 0.126 e. The van der Waals surface area contributed by atoms with Crippen molar-refractivity contribution in [2.24, 2.45) is 0 Å². The molecule has 1 atom stereocenters. The Morgan fingerprint density at radius 1 is 1.45 bits per heavy atom. The Morgan fingerprint density at radius 3 is 2.75 bits per heavy atom. The lowest BCUT2D eigenvalue weighted by molar-refractivity contribution is 0.194. The van der Waals surface area contributed by atoms with Gasteiger partial charge in [-0.25, -0.2) is 0 Å². The molecule has 0 amide bonds. The van der Waals surface area contributed by atoms with Crippen molar-refractivity contribution in [3.8, 4) is 5.75 Å². The molecule has 0 bridgehead atoms. The molecule has 0 spiro atoms. The molecule has 108 valence electrons. The number of aliphatic hydroxyl groups excluding tert-OH is 1. The third-order valence-electron chi connectivity index (χ3n) is 3.13. The summed E-state index contributed by atoms with van der Waals surface area (Å²) in [7, 11) is 3.65. The van der Waals surface area contributed by atoms with Crippen molar-refractivity contribution >= 4 is 33.0 Å². The Morgan fingerprint density at radius 2 is 2.20 bits per heavy atom. The second-order valence-corrected chi connectivity index (χ2v) is 6.97. The molecule has 2 aromatic rings. The summed E-state index contributed by atoms with van der Waals surface area (Å²) in [6.07, 6.45) is -0.571. The summed E-state index contributed by atoms with van der Waals surface area (Å²) >= 11 is 5.15. The number of nitrogens with zero attached hydrogens (tertiary/aromatic N) is 1. The zero-order chi connectivity index (χ0) is 14.7. The number of aliphatic hydroxyl groups is 1. The molecule has 3 nitrogen and oxygen atoms in total. The number of hydrogen-bond donors (Lipinski definition) is 1. The Balaban J connectivity index is 2.31. The molecule has 1 aromatic carbocycles. The molecule has 0 saturated heterocycles. The first-order chi connectivity index (χ1) is 9.52. The molecule has 1 aromatic heterocycles. The summed E-state index contributed by atoms with van der Waals surface area (Å²) in [4.78, 5) is 2.12. The summed E-state index contributed by atoms with van der Waals surface area (Å²) in [5.74, 6) is 0.718. The van der Waals surface area contributed by atoms with Crippen LogP contribution in [0.5, 0.6) is 5.75 Å². The maximum atomic E-state index is 10.0. The van der Waals surface area contributed by atoms with Gasteiger partial charge in [-0.05, 0) is 52.0 Å². The Bertz CT molecular complexity index is 583. The molecule has 0 fully saturated rings. The first-order valence-corrected chi connectivity index (χ1v) is 7.99. The molecular formula is C15H18BrNO2S. The predicted octanol–water partition coefficient (Wildman–Crippen LogP) is 4.21. The molecule has 0 unspecified atom stereocenters. The number of methoxy groups -OCH3 is 1. The van der Waals surface area contributed by atoms with Crippen LogP contribution in [0.1, 0.15) is 24.2 Å². The molecule has 0 aliphatic heterocycles. The number of halogens is 1. The second-order valence-electron chi connectivity index (χ2n) is 4.68. The van der Waals surface area contributed by atoms with Crippen molar-refractivity contribution < 1.29 is 9.84 Å². The molecule has 0 aliphatic rings. The van der Waals surface area contributed by atoms with E-state index < -0.39 is 6.10 Å². The fraction of sp³-hybridized carbons (Fsp3) is 0.333. The van der Waals surface area contributed by atoms with E-state index in [1.807, 2.05) is 25.2 Å². The molecule has 1 N–H and O–H groups in total. The zero-order valence-electron chi connectivity index (χ0n) is 11.8. The van der Waals surface area contributed by atoms with Crippen molar-refractivity contribution in [3.05, 3.63) is 44.6 Å². The largest absolute Gasteiger partial charge is 0.496 e. The standard InChI is InChI=1S/C15H18BrNO2S/c1-10(18)15-12(5-4-6-13(15)19-3)17(2)8-11-7-14(16)20-9-11/h4-7,9-10,18H,8H2,1-3H3/t10-/m1/s1. The summed E-state index contributed by atoms with van der Waals surface area (Å²) < 4.78 is 6.49. The lowest BCUT2D eigenvalue weighted by Gasteiger charge is -2.24. The van der Waals surface area contributed by atoms with E-state index in [-0.39, 0.29) is 0 Å². The molecule has 0 radical (unpaired) electrons. The SMILES string of the molecule is COc1cccc(N(C)Cc2csc(Br)c2)c1[C@@H](C)O. The molecule has 20 heavy (non-hydrogen) atoms. The minimum Gasteiger partial charge on any atom is -0.496 e. The van der Waals surface area contributed by atoms with Crippen LogP contribution in [0.3, 0.4) is 0 Å². The topological polar surface area (TPSA) is 32.7 Å².